The van der Waals surface area contributed by atoms with Gasteiger partial charge in [0.15, 0.2) is 0 Å². The van der Waals surface area contributed by atoms with Gasteiger partial charge >= 0.3 is 0 Å². The molecule has 5 heteroatoms. The SMILES string of the molecule is CC(C)c1cccc(Nc2cc(Oc3ccc(Oc4ccccc4)cc3)ncn2)c1. The first-order valence-electron chi connectivity index (χ1n) is 9.85. The summed E-state index contributed by atoms with van der Waals surface area (Å²) in [6.07, 6.45) is 1.48. The Morgan fingerprint density at radius 2 is 1.40 bits per heavy atom. The Hall–Kier alpha value is -3.86. The highest BCUT2D eigenvalue weighted by Gasteiger charge is 2.05. The number of benzene rings is 3. The van der Waals surface area contributed by atoms with E-state index in [1.807, 2.05) is 66.7 Å². The van der Waals surface area contributed by atoms with Crippen LogP contribution < -0.4 is 14.8 Å². The summed E-state index contributed by atoms with van der Waals surface area (Å²) >= 11 is 0. The number of anilines is 2. The second-order valence-corrected chi connectivity index (χ2v) is 7.14. The van der Waals surface area contributed by atoms with Crippen LogP contribution in [0.3, 0.4) is 0 Å². The molecule has 0 unspecified atom stereocenters. The summed E-state index contributed by atoms with van der Waals surface area (Å²) in [7, 11) is 0. The van der Waals surface area contributed by atoms with Crippen molar-refractivity contribution in [2.45, 2.75) is 19.8 Å². The van der Waals surface area contributed by atoms with Gasteiger partial charge in [-0.25, -0.2) is 9.97 Å². The molecular weight excluding hydrogens is 374 g/mol. The number of aromatic nitrogens is 2. The number of hydrogen-bond acceptors (Lipinski definition) is 5. The van der Waals surface area contributed by atoms with Crippen molar-refractivity contribution in [1.82, 2.24) is 9.97 Å². The largest absolute Gasteiger partial charge is 0.457 e. The third-order valence-electron chi connectivity index (χ3n) is 4.49. The van der Waals surface area contributed by atoms with E-state index in [-0.39, 0.29) is 0 Å². The van der Waals surface area contributed by atoms with Crippen molar-refractivity contribution < 1.29 is 9.47 Å². The second-order valence-electron chi connectivity index (χ2n) is 7.14. The minimum Gasteiger partial charge on any atom is -0.457 e. The van der Waals surface area contributed by atoms with Gasteiger partial charge in [0.25, 0.3) is 0 Å². The highest BCUT2D eigenvalue weighted by Crippen LogP contribution is 2.27. The molecule has 1 N–H and O–H groups in total. The number of ether oxygens (including phenoxy) is 2. The molecule has 5 nitrogen and oxygen atoms in total. The molecule has 0 aliphatic carbocycles. The molecule has 0 saturated heterocycles. The van der Waals surface area contributed by atoms with Gasteiger partial charge in [-0.15, -0.1) is 0 Å². The third-order valence-corrected chi connectivity index (χ3v) is 4.49. The molecule has 4 aromatic rings. The van der Waals surface area contributed by atoms with Gasteiger partial charge in [0.1, 0.15) is 29.4 Å². The smallest absolute Gasteiger partial charge is 0.224 e. The quantitative estimate of drug-likeness (QED) is 0.366. The normalized spacial score (nSPS) is 10.6. The van der Waals surface area contributed by atoms with E-state index < -0.39 is 0 Å². The predicted molar refractivity (Wildman–Crippen MR) is 119 cm³/mol. The van der Waals surface area contributed by atoms with Gasteiger partial charge in [-0.3, -0.25) is 0 Å². The monoisotopic (exact) mass is 397 g/mol. The maximum atomic E-state index is 5.88. The Bertz CT molecular complexity index is 1100. The average molecular weight is 397 g/mol. The van der Waals surface area contributed by atoms with E-state index in [4.69, 9.17) is 9.47 Å². The summed E-state index contributed by atoms with van der Waals surface area (Å²) < 4.78 is 11.7. The van der Waals surface area contributed by atoms with E-state index >= 15 is 0 Å². The first-order chi connectivity index (χ1) is 14.7. The van der Waals surface area contributed by atoms with Crippen molar-refractivity contribution in [2.24, 2.45) is 0 Å². The van der Waals surface area contributed by atoms with Crippen LogP contribution in [0.4, 0.5) is 11.5 Å². The van der Waals surface area contributed by atoms with E-state index in [0.29, 0.717) is 23.4 Å². The molecule has 0 amide bonds. The van der Waals surface area contributed by atoms with Gasteiger partial charge in [-0.2, -0.15) is 0 Å². The first kappa shape index (κ1) is 19.5. The lowest BCUT2D eigenvalue weighted by Crippen LogP contribution is -1.97. The van der Waals surface area contributed by atoms with Crippen molar-refractivity contribution in [3.05, 3.63) is 96.8 Å². The molecular formula is C25H23N3O2. The standard InChI is InChI=1S/C25H23N3O2/c1-18(2)19-7-6-8-20(15-19)28-24-16-25(27-17-26-24)30-23-13-11-22(12-14-23)29-21-9-4-3-5-10-21/h3-18H,1-2H3,(H,26,27,28). The number of rotatable bonds is 7. The molecule has 0 aliphatic heterocycles. The van der Waals surface area contributed by atoms with E-state index in [0.717, 1.165) is 17.2 Å². The van der Waals surface area contributed by atoms with Gasteiger partial charge in [-0.05, 0) is 60.0 Å². The molecule has 150 valence electrons. The zero-order valence-electron chi connectivity index (χ0n) is 16.9. The summed E-state index contributed by atoms with van der Waals surface area (Å²) in [6, 6.07) is 27.1. The van der Waals surface area contributed by atoms with E-state index in [2.05, 4.69) is 41.3 Å². The average Bonchev–Trinajstić information content (AvgIpc) is 2.76. The predicted octanol–water partition coefficient (Wildman–Crippen LogP) is 6.93. The Morgan fingerprint density at radius 1 is 0.700 bits per heavy atom. The zero-order chi connectivity index (χ0) is 20.8. The highest BCUT2D eigenvalue weighted by molar-refractivity contribution is 5.58. The molecule has 1 heterocycles. The molecule has 0 radical (unpaired) electrons. The number of para-hydroxylation sites is 1. The fraction of sp³-hybridized carbons (Fsp3) is 0.120. The topological polar surface area (TPSA) is 56.3 Å². The van der Waals surface area contributed by atoms with Crippen molar-refractivity contribution in [1.29, 1.82) is 0 Å². The molecule has 0 saturated carbocycles. The number of nitrogens with one attached hydrogen (secondary N) is 1. The Kier molecular flexibility index (Phi) is 5.90. The van der Waals surface area contributed by atoms with Crippen molar-refractivity contribution in [3.8, 4) is 23.1 Å². The molecule has 0 atom stereocenters. The molecule has 0 aliphatic rings. The fourth-order valence-electron chi connectivity index (χ4n) is 2.91. The lowest BCUT2D eigenvalue weighted by atomic mass is 10.0. The first-order valence-corrected chi connectivity index (χ1v) is 9.85. The molecule has 1 aromatic heterocycles. The van der Waals surface area contributed by atoms with Crippen LogP contribution >= 0.6 is 0 Å². The summed E-state index contributed by atoms with van der Waals surface area (Å²) in [5, 5.41) is 3.31. The van der Waals surface area contributed by atoms with Crippen LogP contribution in [-0.2, 0) is 0 Å². The highest BCUT2D eigenvalue weighted by atomic mass is 16.5. The number of hydrogen-bond donors (Lipinski definition) is 1. The van der Waals surface area contributed by atoms with Gasteiger partial charge in [0.2, 0.25) is 5.88 Å². The van der Waals surface area contributed by atoms with Gasteiger partial charge in [0.05, 0.1) is 0 Å². The molecule has 0 fully saturated rings. The fourth-order valence-corrected chi connectivity index (χ4v) is 2.91. The van der Waals surface area contributed by atoms with Crippen LogP contribution in [0.5, 0.6) is 23.1 Å². The van der Waals surface area contributed by atoms with E-state index in [1.54, 1.807) is 6.07 Å². The Labute approximate surface area is 176 Å². The second kappa shape index (κ2) is 9.09. The molecule has 0 bridgehead atoms. The maximum Gasteiger partial charge on any atom is 0.224 e. The number of nitrogens with zero attached hydrogens (tertiary/aromatic N) is 2. The summed E-state index contributed by atoms with van der Waals surface area (Å²) in [5.41, 5.74) is 2.25. The van der Waals surface area contributed by atoms with Crippen molar-refractivity contribution in [3.63, 3.8) is 0 Å². The van der Waals surface area contributed by atoms with Crippen LogP contribution in [-0.4, -0.2) is 9.97 Å². The van der Waals surface area contributed by atoms with Gasteiger partial charge in [0, 0.05) is 11.8 Å². The third kappa shape index (κ3) is 5.14. The maximum absolute atomic E-state index is 5.88. The minimum atomic E-state index is 0.462. The van der Waals surface area contributed by atoms with Crippen LogP contribution in [0.25, 0.3) is 0 Å². The van der Waals surface area contributed by atoms with Crippen LogP contribution in [0.15, 0.2) is 91.3 Å². The van der Waals surface area contributed by atoms with Crippen molar-refractivity contribution in [2.75, 3.05) is 5.32 Å². The summed E-state index contributed by atoms with van der Waals surface area (Å²) in [6.45, 7) is 4.35. The molecule has 3 aromatic carbocycles. The minimum absolute atomic E-state index is 0.462. The van der Waals surface area contributed by atoms with Gasteiger partial charge in [-0.1, -0.05) is 44.2 Å². The van der Waals surface area contributed by atoms with E-state index in [9.17, 15) is 0 Å². The zero-order valence-corrected chi connectivity index (χ0v) is 16.9. The van der Waals surface area contributed by atoms with Crippen LogP contribution in [0.2, 0.25) is 0 Å². The Balaban J connectivity index is 1.42. The summed E-state index contributed by atoms with van der Waals surface area (Å²) in [5.74, 6) is 3.80. The van der Waals surface area contributed by atoms with E-state index in [1.165, 1.54) is 11.9 Å². The van der Waals surface area contributed by atoms with Crippen LogP contribution in [0, 0.1) is 0 Å². The molecule has 30 heavy (non-hydrogen) atoms. The molecule has 0 spiro atoms. The van der Waals surface area contributed by atoms with Crippen molar-refractivity contribution >= 4 is 11.5 Å². The molecule has 4 rings (SSSR count). The Morgan fingerprint density at radius 3 is 2.13 bits per heavy atom. The summed E-state index contributed by atoms with van der Waals surface area (Å²) in [4.78, 5) is 8.50. The van der Waals surface area contributed by atoms with Gasteiger partial charge < -0.3 is 14.8 Å². The lowest BCUT2D eigenvalue weighted by Gasteiger charge is -2.11. The van der Waals surface area contributed by atoms with Crippen LogP contribution in [0.1, 0.15) is 25.3 Å². The lowest BCUT2D eigenvalue weighted by molar-refractivity contribution is 0.456.